The van der Waals surface area contributed by atoms with Crippen molar-refractivity contribution in [1.29, 1.82) is 0 Å². The summed E-state index contributed by atoms with van der Waals surface area (Å²) in [5, 5.41) is 0.420. The molecule has 104 valence electrons. The molecule has 2 atom stereocenters. The predicted octanol–water partition coefficient (Wildman–Crippen LogP) is 4.14. The third kappa shape index (κ3) is 2.37. The Labute approximate surface area is 120 Å². The minimum atomic E-state index is -0.571. The van der Waals surface area contributed by atoms with Crippen molar-refractivity contribution in [3.05, 3.63) is 64.2 Å². The van der Waals surface area contributed by atoms with Crippen LogP contribution in [0.1, 0.15) is 29.7 Å². The number of hydrogen-bond donors (Lipinski definition) is 1. The van der Waals surface area contributed by atoms with E-state index < -0.39 is 17.7 Å². The Morgan fingerprint density at radius 3 is 2.70 bits per heavy atom. The largest absolute Gasteiger partial charge is 0.485 e. The van der Waals surface area contributed by atoms with Crippen molar-refractivity contribution < 1.29 is 13.5 Å². The molecule has 1 heterocycles. The fraction of sp³-hybridized carbons (Fsp3) is 0.200. The van der Waals surface area contributed by atoms with Gasteiger partial charge in [0.2, 0.25) is 0 Å². The highest BCUT2D eigenvalue weighted by Crippen LogP contribution is 2.40. The van der Waals surface area contributed by atoms with Crippen LogP contribution in [0.4, 0.5) is 8.78 Å². The van der Waals surface area contributed by atoms with E-state index >= 15 is 0 Å². The van der Waals surface area contributed by atoms with Gasteiger partial charge in [0.25, 0.3) is 0 Å². The van der Waals surface area contributed by atoms with Crippen molar-refractivity contribution in [3.63, 3.8) is 0 Å². The fourth-order valence-corrected chi connectivity index (χ4v) is 2.61. The van der Waals surface area contributed by atoms with Crippen LogP contribution in [0.3, 0.4) is 0 Å². The molecule has 0 fully saturated rings. The zero-order valence-electron chi connectivity index (χ0n) is 10.4. The van der Waals surface area contributed by atoms with Crippen LogP contribution in [0.5, 0.6) is 5.75 Å². The first kappa shape index (κ1) is 13.3. The molecule has 0 bridgehead atoms. The summed E-state index contributed by atoms with van der Waals surface area (Å²) in [7, 11) is 0. The Hall–Kier alpha value is -1.65. The maximum atomic E-state index is 13.9. The summed E-state index contributed by atoms with van der Waals surface area (Å²) >= 11 is 5.88. The number of hydrogen-bond acceptors (Lipinski definition) is 2. The van der Waals surface area contributed by atoms with Crippen molar-refractivity contribution >= 4 is 11.6 Å². The van der Waals surface area contributed by atoms with Crippen molar-refractivity contribution in [1.82, 2.24) is 0 Å². The number of halogens is 3. The molecule has 0 saturated heterocycles. The normalized spacial score (nSPS) is 21.2. The van der Waals surface area contributed by atoms with Crippen LogP contribution >= 0.6 is 11.6 Å². The molecule has 3 rings (SSSR count). The Kier molecular flexibility index (Phi) is 3.36. The first-order valence-corrected chi connectivity index (χ1v) is 6.59. The minimum absolute atomic E-state index is 0.331. The lowest BCUT2D eigenvalue weighted by atomic mass is 9.93. The van der Waals surface area contributed by atoms with E-state index in [0.717, 1.165) is 5.56 Å². The van der Waals surface area contributed by atoms with Gasteiger partial charge in [-0.15, -0.1) is 0 Å². The van der Waals surface area contributed by atoms with E-state index in [9.17, 15) is 8.78 Å². The molecule has 0 amide bonds. The Morgan fingerprint density at radius 2 is 1.90 bits per heavy atom. The summed E-state index contributed by atoms with van der Waals surface area (Å²) in [5.74, 6) is -0.470. The number of fused-ring (bicyclic) bond motifs is 1. The summed E-state index contributed by atoms with van der Waals surface area (Å²) < 4.78 is 32.8. The van der Waals surface area contributed by atoms with Crippen LogP contribution in [0.25, 0.3) is 0 Å². The Bertz CT molecular complexity index is 662. The van der Waals surface area contributed by atoms with Crippen LogP contribution in [0, 0.1) is 11.6 Å². The van der Waals surface area contributed by atoms with E-state index in [0.29, 0.717) is 22.8 Å². The molecule has 0 aliphatic carbocycles. The summed E-state index contributed by atoms with van der Waals surface area (Å²) in [4.78, 5) is 0. The van der Waals surface area contributed by atoms with Gasteiger partial charge in [0, 0.05) is 34.7 Å². The number of benzene rings is 2. The average Bonchev–Trinajstić information content (AvgIpc) is 2.41. The van der Waals surface area contributed by atoms with E-state index in [4.69, 9.17) is 22.1 Å². The molecule has 1 aliphatic heterocycles. The van der Waals surface area contributed by atoms with Crippen LogP contribution < -0.4 is 10.5 Å². The van der Waals surface area contributed by atoms with Crippen LogP contribution in [-0.4, -0.2) is 0 Å². The quantitative estimate of drug-likeness (QED) is 0.858. The van der Waals surface area contributed by atoms with Gasteiger partial charge < -0.3 is 10.5 Å². The van der Waals surface area contributed by atoms with Crippen LogP contribution in [0.2, 0.25) is 5.02 Å². The molecule has 0 spiro atoms. The molecule has 1 unspecified atom stereocenters. The molecule has 0 radical (unpaired) electrons. The van der Waals surface area contributed by atoms with Gasteiger partial charge in [-0.2, -0.15) is 0 Å². The summed E-state index contributed by atoms with van der Waals surface area (Å²) in [5.41, 5.74) is 7.12. The van der Waals surface area contributed by atoms with Gasteiger partial charge in [-0.3, -0.25) is 0 Å². The van der Waals surface area contributed by atoms with Gasteiger partial charge in [-0.05, 0) is 24.3 Å². The number of ether oxygens (including phenoxy) is 1. The SMILES string of the molecule is N[C@@H]1CC(c2cc(Cl)ccc2F)Oc2cc(F)ccc21. The topological polar surface area (TPSA) is 35.2 Å². The van der Waals surface area contributed by atoms with E-state index in [-0.39, 0.29) is 6.04 Å². The lowest BCUT2D eigenvalue weighted by Crippen LogP contribution is -2.24. The molecule has 0 saturated carbocycles. The molecule has 2 nitrogen and oxygen atoms in total. The lowest BCUT2D eigenvalue weighted by Gasteiger charge is -2.30. The predicted molar refractivity (Wildman–Crippen MR) is 72.7 cm³/mol. The second-order valence-corrected chi connectivity index (χ2v) is 5.23. The second-order valence-electron chi connectivity index (χ2n) is 4.80. The monoisotopic (exact) mass is 295 g/mol. The Balaban J connectivity index is 2.00. The lowest BCUT2D eigenvalue weighted by molar-refractivity contribution is 0.156. The van der Waals surface area contributed by atoms with Gasteiger partial charge in [-0.1, -0.05) is 17.7 Å². The highest BCUT2D eigenvalue weighted by molar-refractivity contribution is 6.30. The molecule has 0 aromatic heterocycles. The summed E-state index contributed by atoms with van der Waals surface area (Å²) in [6.45, 7) is 0. The van der Waals surface area contributed by atoms with Crippen molar-refractivity contribution in [3.8, 4) is 5.75 Å². The van der Waals surface area contributed by atoms with Crippen LogP contribution in [0.15, 0.2) is 36.4 Å². The van der Waals surface area contributed by atoms with E-state index in [2.05, 4.69) is 0 Å². The van der Waals surface area contributed by atoms with E-state index in [1.54, 1.807) is 6.07 Å². The molecule has 5 heteroatoms. The van der Waals surface area contributed by atoms with Gasteiger partial charge in [0.15, 0.2) is 0 Å². The first-order valence-electron chi connectivity index (χ1n) is 6.21. The highest BCUT2D eigenvalue weighted by Gasteiger charge is 2.29. The van der Waals surface area contributed by atoms with E-state index in [1.165, 1.54) is 30.3 Å². The zero-order chi connectivity index (χ0) is 14.3. The summed E-state index contributed by atoms with van der Waals surface area (Å²) in [6, 6.07) is 8.14. The van der Waals surface area contributed by atoms with Gasteiger partial charge in [0.1, 0.15) is 23.5 Å². The first-order chi connectivity index (χ1) is 9.54. The molecule has 2 N–H and O–H groups in total. The maximum Gasteiger partial charge on any atom is 0.130 e. The molecular formula is C15H12ClF2NO. The number of nitrogens with two attached hydrogens (primary N) is 1. The molecular weight excluding hydrogens is 284 g/mol. The smallest absolute Gasteiger partial charge is 0.130 e. The molecule has 1 aliphatic rings. The van der Waals surface area contributed by atoms with Crippen molar-refractivity contribution in [2.45, 2.75) is 18.6 Å². The summed E-state index contributed by atoms with van der Waals surface area (Å²) in [6.07, 6.45) is -0.159. The third-order valence-corrected chi connectivity index (χ3v) is 3.65. The van der Waals surface area contributed by atoms with E-state index in [1.807, 2.05) is 0 Å². The molecule has 2 aromatic carbocycles. The van der Waals surface area contributed by atoms with Crippen molar-refractivity contribution in [2.75, 3.05) is 0 Å². The molecule has 2 aromatic rings. The zero-order valence-corrected chi connectivity index (χ0v) is 11.2. The minimum Gasteiger partial charge on any atom is -0.485 e. The van der Waals surface area contributed by atoms with Gasteiger partial charge >= 0.3 is 0 Å². The van der Waals surface area contributed by atoms with Crippen molar-refractivity contribution in [2.24, 2.45) is 5.73 Å². The van der Waals surface area contributed by atoms with Crippen LogP contribution in [-0.2, 0) is 0 Å². The van der Waals surface area contributed by atoms with Gasteiger partial charge in [-0.25, -0.2) is 8.78 Å². The standard InChI is InChI=1S/C15H12ClF2NO/c16-8-1-4-12(18)11(5-8)15-7-13(19)10-3-2-9(17)6-14(10)20-15/h1-6,13,15H,7,19H2/t13-,15?/m1/s1. The van der Waals surface area contributed by atoms with Gasteiger partial charge in [0.05, 0.1) is 0 Å². The second kappa shape index (κ2) is 5.04. The maximum absolute atomic E-state index is 13.9. The average molecular weight is 296 g/mol. The highest BCUT2D eigenvalue weighted by atomic mass is 35.5. The molecule has 20 heavy (non-hydrogen) atoms. The third-order valence-electron chi connectivity index (χ3n) is 3.42. The Morgan fingerprint density at radius 1 is 1.10 bits per heavy atom. The fourth-order valence-electron chi connectivity index (χ4n) is 2.43. The number of rotatable bonds is 1.